The Balaban J connectivity index is 1.51. The molecule has 0 aliphatic carbocycles. The van der Waals surface area contributed by atoms with Gasteiger partial charge in [-0.15, -0.1) is 11.3 Å². The molecule has 0 aliphatic heterocycles. The van der Waals surface area contributed by atoms with Crippen molar-refractivity contribution in [2.45, 2.75) is 19.8 Å². The molecule has 152 valence electrons. The van der Waals surface area contributed by atoms with Crippen LogP contribution in [0.15, 0.2) is 54.9 Å². The topological polar surface area (TPSA) is 76.9 Å². The largest absolute Gasteiger partial charge is 0.333 e. The lowest BCUT2D eigenvalue weighted by molar-refractivity contribution is -0.116. The molecule has 0 fully saturated rings. The summed E-state index contributed by atoms with van der Waals surface area (Å²) in [4.78, 5) is 36.5. The summed E-state index contributed by atoms with van der Waals surface area (Å²) >= 11 is 2.83. The van der Waals surface area contributed by atoms with Gasteiger partial charge in [-0.2, -0.15) is 0 Å². The number of carbonyl (C=O) groups excluding carboxylic acids is 2. The maximum atomic E-state index is 12.4. The summed E-state index contributed by atoms with van der Waals surface area (Å²) in [7, 11) is 1.92. The first-order chi connectivity index (χ1) is 14.5. The summed E-state index contributed by atoms with van der Waals surface area (Å²) in [5.74, 6) is 0.549. The van der Waals surface area contributed by atoms with E-state index in [9.17, 15) is 9.59 Å². The third-order valence-electron chi connectivity index (χ3n) is 4.54. The summed E-state index contributed by atoms with van der Waals surface area (Å²) < 4.78 is 1.92. The Morgan fingerprint density at radius 3 is 2.53 bits per heavy atom. The maximum absolute atomic E-state index is 12.4. The first-order valence-corrected chi connectivity index (χ1v) is 11.1. The fourth-order valence-electron chi connectivity index (χ4n) is 3.02. The number of imidazole rings is 1. The van der Waals surface area contributed by atoms with Crippen molar-refractivity contribution < 1.29 is 9.59 Å². The van der Waals surface area contributed by atoms with Gasteiger partial charge in [-0.05, 0) is 19.1 Å². The van der Waals surface area contributed by atoms with E-state index in [-0.39, 0.29) is 24.5 Å². The number of anilines is 1. The molecule has 0 spiro atoms. The number of carbonyl (C=O) groups is 2. The Morgan fingerprint density at radius 2 is 1.87 bits per heavy atom. The molecule has 8 heteroatoms. The van der Waals surface area contributed by atoms with Crippen molar-refractivity contribution in [2.75, 3.05) is 5.32 Å². The minimum Gasteiger partial charge on any atom is -0.333 e. The number of Topliss-reactive ketones (excluding diaryl/α,β-unsaturated/α-hetero) is 1. The predicted molar refractivity (Wildman–Crippen MR) is 121 cm³/mol. The van der Waals surface area contributed by atoms with Gasteiger partial charge >= 0.3 is 0 Å². The van der Waals surface area contributed by atoms with Gasteiger partial charge in [-0.3, -0.25) is 9.59 Å². The van der Waals surface area contributed by atoms with Crippen LogP contribution in [0.25, 0.3) is 22.0 Å². The number of thiophene rings is 1. The summed E-state index contributed by atoms with van der Waals surface area (Å²) in [6.45, 7) is 1.96. The average molecular weight is 437 g/mol. The van der Waals surface area contributed by atoms with Crippen molar-refractivity contribution in [1.82, 2.24) is 14.5 Å². The second kappa shape index (κ2) is 8.73. The van der Waals surface area contributed by atoms with E-state index in [2.05, 4.69) is 15.3 Å². The highest BCUT2D eigenvalue weighted by Gasteiger charge is 2.19. The molecule has 0 unspecified atom stereocenters. The SMILES string of the molecule is Cc1ccc(C(=O)CCC(=O)Nc2nc(-c3ccccc3)c(-c3nccn3C)s2)s1. The number of nitrogens with zero attached hydrogens (tertiary/aromatic N) is 3. The van der Waals surface area contributed by atoms with Crippen LogP contribution in [-0.4, -0.2) is 26.2 Å². The van der Waals surface area contributed by atoms with E-state index in [1.807, 2.05) is 67.2 Å². The molecule has 1 N–H and O–H groups in total. The van der Waals surface area contributed by atoms with Gasteiger partial charge in [0.15, 0.2) is 16.7 Å². The molecule has 0 saturated heterocycles. The van der Waals surface area contributed by atoms with E-state index in [4.69, 9.17) is 0 Å². The fourth-order valence-corrected chi connectivity index (χ4v) is 4.90. The Morgan fingerprint density at radius 1 is 1.07 bits per heavy atom. The van der Waals surface area contributed by atoms with Gasteiger partial charge < -0.3 is 9.88 Å². The number of ketones is 1. The average Bonchev–Trinajstić information content (AvgIpc) is 3.46. The number of hydrogen-bond donors (Lipinski definition) is 1. The van der Waals surface area contributed by atoms with Gasteiger partial charge in [-0.1, -0.05) is 41.7 Å². The number of thiazole rings is 1. The molecular formula is C22H20N4O2S2. The molecule has 4 rings (SSSR count). The summed E-state index contributed by atoms with van der Waals surface area (Å²) in [5, 5.41) is 3.35. The van der Waals surface area contributed by atoms with Crippen molar-refractivity contribution in [1.29, 1.82) is 0 Å². The molecule has 0 radical (unpaired) electrons. The smallest absolute Gasteiger partial charge is 0.226 e. The van der Waals surface area contributed by atoms with Crippen molar-refractivity contribution in [2.24, 2.45) is 7.05 Å². The van der Waals surface area contributed by atoms with Crippen LogP contribution in [0.5, 0.6) is 0 Å². The van der Waals surface area contributed by atoms with Crippen molar-refractivity contribution >= 4 is 39.5 Å². The highest BCUT2D eigenvalue weighted by Crippen LogP contribution is 2.38. The van der Waals surface area contributed by atoms with Crippen LogP contribution in [-0.2, 0) is 11.8 Å². The zero-order valence-corrected chi connectivity index (χ0v) is 18.2. The second-order valence-corrected chi connectivity index (χ2v) is 9.09. The third-order valence-corrected chi connectivity index (χ3v) is 6.55. The number of aryl methyl sites for hydroxylation is 2. The number of amides is 1. The fraction of sp³-hybridized carbons (Fsp3) is 0.182. The molecule has 0 atom stereocenters. The normalized spacial score (nSPS) is 10.9. The Bertz CT molecular complexity index is 1190. The molecule has 4 aromatic rings. The predicted octanol–water partition coefficient (Wildman–Crippen LogP) is 5.18. The molecule has 0 aliphatic rings. The van der Waals surface area contributed by atoms with Crippen LogP contribution in [0.3, 0.4) is 0 Å². The summed E-state index contributed by atoms with van der Waals surface area (Å²) in [5.41, 5.74) is 1.73. The van der Waals surface area contributed by atoms with E-state index in [1.54, 1.807) is 6.20 Å². The lowest BCUT2D eigenvalue weighted by Gasteiger charge is -2.02. The van der Waals surface area contributed by atoms with E-state index >= 15 is 0 Å². The van der Waals surface area contributed by atoms with Crippen LogP contribution in [0.4, 0.5) is 5.13 Å². The highest BCUT2D eigenvalue weighted by molar-refractivity contribution is 7.19. The molecule has 3 aromatic heterocycles. The number of rotatable bonds is 7. The molecule has 0 bridgehead atoms. The summed E-state index contributed by atoms with van der Waals surface area (Å²) in [6, 6.07) is 13.5. The first kappa shape index (κ1) is 20.2. The highest BCUT2D eigenvalue weighted by atomic mass is 32.1. The minimum atomic E-state index is -0.226. The van der Waals surface area contributed by atoms with Gasteiger partial charge in [0.05, 0.1) is 15.4 Å². The van der Waals surface area contributed by atoms with Crippen molar-refractivity contribution in [3.63, 3.8) is 0 Å². The quantitative estimate of drug-likeness (QED) is 0.405. The second-order valence-electron chi connectivity index (χ2n) is 6.81. The minimum absolute atomic E-state index is 0.0129. The number of nitrogens with one attached hydrogen (secondary N) is 1. The molecule has 6 nitrogen and oxygen atoms in total. The van der Waals surface area contributed by atoms with E-state index in [1.165, 1.54) is 22.7 Å². The van der Waals surface area contributed by atoms with E-state index in [0.29, 0.717) is 10.0 Å². The summed E-state index contributed by atoms with van der Waals surface area (Å²) in [6.07, 6.45) is 3.91. The lowest BCUT2D eigenvalue weighted by atomic mass is 10.1. The monoisotopic (exact) mass is 436 g/mol. The van der Waals surface area contributed by atoms with Crippen LogP contribution < -0.4 is 5.32 Å². The van der Waals surface area contributed by atoms with E-state index < -0.39 is 0 Å². The molecule has 1 aromatic carbocycles. The van der Waals surface area contributed by atoms with E-state index in [0.717, 1.165) is 26.8 Å². The van der Waals surface area contributed by atoms with Gasteiger partial charge in [0.2, 0.25) is 5.91 Å². The molecular weight excluding hydrogens is 416 g/mol. The number of aromatic nitrogens is 3. The first-order valence-electron chi connectivity index (χ1n) is 9.44. The van der Waals surface area contributed by atoms with Gasteiger partial charge in [0.1, 0.15) is 0 Å². The van der Waals surface area contributed by atoms with Crippen molar-refractivity contribution in [3.05, 3.63) is 64.6 Å². The van der Waals surface area contributed by atoms with Crippen LogP contribution in [0.2, 0.25) is 0 Å². The third kappa shape index (κ3) is 4.39. The molecule has 30 heavy (non-hydrogen) atoms. The van der Waals surface area contributed by atoms with Crippen LogP contribution >= 0.6 is 22.7 Å². The Labute approximate surface area is 182 Å². The molecule has 3 heterocycles. The molecule has 0 saturated carbocycles. The zero-order chi connectivity index (χ0) is 21.1. The van der Waals surface area contributed by atoms with Crippen LogP contribution in [0, 0.1) is 6.92 Å². The lowest BCUT2D eigenvalue weighted by Crippen LogP contribution is -2.13. The standard InChI is InChI=1S/C22H20N4O2S2/c1-14-8-10-17(29-14)16(27)9-11-18(28)24-22-25-19(15-6-4-3-5-7-15)20(30-22)21-23-12-13-26(21)2/h3-8,10,12-13H,9,11H2,1-2H3,(H,24,25,28). The molecule has 1 amide bonds. The van der Waals surface area contributed by atoms with Crippen LogP contribution in [0.1, 0.15) is 27.4 Å². The zero-order valence-electron chi connectivity index (χ0n) is 16.6. The van der Waals surface area contributed by atoms with Crippen molar-refractivity contribution in [3.8, 4) is 22.0 Å². The number of benzene rings is 1. The van der Waals surface area contributed by atoms with Gasteiger partial charge in [-0.25, -0.2) is 9.97 Å². The maximum Gasteiger partial charge on any atom is 0.226 e. The van der Waals surface area contributed by atoms with Gasteiger partial charge in [0.25, 0.3) is 0 Å². The Hall–Kier alpha value is -3.10. The number of hydrogen-bond acceptors (Lipinski definition) is 6. The van der Waals surface area contributed by atoms with Gasteiger partial charge in [0, 0.05) is 42.7 Å². The Kier molecular flexibility index (Phi) is 5.87.